The van der Waals surface area contributed by atoms with Crippen molar-refractivity contribution in [3.8, 4) is 0 Å². The third-order valence-electron chi connectivity index (χ3n) is 2.49. The lowest BCUT2D eigenvalue weighted by Gasteiger charge is -1.92. The van der Waals surface area contributed by atoms with Gasteiger partial charge < -0.3 is 4.57 Å². The van der Waals surface area contributed by atoms with E-state index in [0.717, 1.165) is 18.7 Å². The van der Waals surface area contributed by atoms with Crippen LogP contribution in [0.2, 0.25) is 0 Å². The highest BCUT2D eigenvalue weighted by atomic mass is 15.0. The van der Waals surface area contributed by atoms with Crippen LogP contribution in [-0.2, 0) is 19.9 Å². The topological polar surface area (TPSA) is 17.8 Å². The summed E-state index contributed by atoms with van der Waals surface area (Å²) in [7, 11) is 2.01. The van der Waals surface area contributed by atoms with Crippen LogP contribution < -0.4 is 0 Å². The molecule has 1 aromatic heterocycles. The largest absolute Gasteiger partial charge is 0.338 e. The van der Waals surface area contributed by atoms with E-state index in [1.807, 2.05) is 43.9 Å². The van der Waals surface area contributed by atoms with E-state index < -0.39 is 0 Å². The van der Waals surface area contributed by atoms with Gasteiger partial charge in [-0.2, -0.15) is 0 Å². The summed E-state index contributed by atoms with van der Waals surface area (Å²) >= 11 is 0. The second-order valence-electron chi connectivity index (χ2n) is 3.65. The van der Waals surface area contributed by atoms with Crippen molar-refractivity contribution in [3.05, 3.63) is 54.1 Å². The minimum atomic E-state index is 1.02. The highest BCUT2D eigenvalue weighted by molar-refractivity contribution is 5.13. The zero-order valence-corrected chi connectivity index (χ0v) is 12.4. The Balaban J connectivity index is 0.000000283. The molecule has 2 aromatic rings. The van der Waals surface area contributed by atoms with Crippen LogP contribution in [0.1, 0.15) is 39.1 Å². The maximum absolute atomic E-state index is 4.10. The molecule has 0 amide bonds. The SMILES string of the molecule is CC.CCc1ccccc1.CCc1nccn1C. The molecule has 0 aliphatic heterocycles. The van der Waals surface area contributed by atoms with Gasteiger partial charge in [-0.3, -0.25) is 0 Å². The highest BCUT2D eigenvalue weighted by Gasteiger charge is 1.90. The summed E-state index contributed by atoms with van der Waals surface area (Å²) in [6, 6.07) is 10.5. The molecule has 0 spiro atoms. The highest BCUT2D eigenvalue weighted by Crippen LogP contribution is 1.96. The lowest BCUT2D eigenvalue weighted by molar-refractivity contribution is 0.808. The Bertz CT molecular complexity index is 390. The monoisotopic (exact) mass is 246 g/mol. The lowest BCUT2D eigenvalue weighted by Crippen LogP contribution is -1.92. The van der Waals surface area contributed by atoms with E-state index in [1.54, 1.807) is 0 Å². The molecule has 2 heteroatoms. The van der Waals surface area contributed by atoms with Gasteiger partial charge in [-0.25, -0.2) is 4.98 Å². The van der Waals surface area contributed by atoms with Crippen molar-refractivity contribution in [2.24, 2.45) is 7.05 Å². The number of nitrogens with zero attached hydrogens (tertiary/aromatic N) is 2. The molecule has 1 aromatic carbocycles. The fourth-order valence-electron chi connectivity index (χ4n) is 1.45. The van der Waals surface area contributed by atoms with Crippen molar-refractivity contribution >= 4 is 0 Å². The van der Waals surface area contributed by atoms with Crippen LogP contribution in [0.3, 0.4) is 0 Å². The van der Waals surface area contributed by atoms with Gasteiger partial charge in [0, 0.05) is 25.9 Å². The summed E-state index contributed by atoms with van der Waals surface area (Å²) in [4.78, 5) is 4.10. The summed E-state index contributed by atoms with van der Waals surface area (Å²) in [5.74, 6) is 1.14. The first-order valence-corrected chi connectivity index (χ1v) is 6.78. The first kappa shape index (κ1) is 16.4. The molecule has 0 aliphatic rings. The standard InChI is InChI=1S/C8H10.C6H10N2.C2H6/c1-2-8-6-4-3-5-7-8;1-3-6-7-4-5-8(6)2;1-2/h3-7H,2H2,1H3;4-5H,3H2,1-2H3;1-2H3. The van der Waals surface area contributed by atoms with E-state index in [2.05, 4.69) is 43.1 Å². The number of hydrogen-bond donors (Lipinski definition) is 0. The number of aromatic nitrogens is 2. The van der Waals surface area contributed by atoms with E-state index in [1.165, 1.54) is 5.56 Å². The zero-order chi connectivity index (χ0) is 13.8. The molecule has 2 rings (SSSR count). The second-order valence-corrected chi connectivity index (χ2v) is 3.65. The molecule has 18 heavy (non-hydrogen) atoms. The molecule has 1 heterocycles. The first-order chi connectivity index (χ1) is 8.77. The predicted octanol–water partition coefficient (Wildman–Crippen LogP) is 4.26. The number of imidazole rings is 1. The van der Waals surface area contributed by atoms with E-state index >= 15 is 0 Å². The molecule has 100 valence electrons. The molecule has 0 atom stereocenters. The lowest BCUT2D eigenvalue weighted by atomic mass is 10.2. The van der Waals surface area contributed by atoms with Gasteiger partial charge in [-0.15, -0.1) is 0 Å². The minimum Gasteiger partial charge on any atom is -0.338 e. The Morgan fingerprint density at radius 1 is 1.00 bits per heavy atom. The van der Waals surface area contributed by atoms with E-state index in [0.29, 0.717) is 0 Å². The van der Waals surface area contributed by atoms with E-state index in [9.17, 15) is 0 Å². The average molecular weight is 246 g/mol. The Morgan fingerprint density at radius 3 is 1.89 bits per heavy atom. The number of aryl methyl sites for hydroxylation is 3. The maximum Gasteiger partial charge on any atom is 0.108 e. The van der Waals surface area contributed by atoms with Crippen molar-refractivity contribution in [3.63, 3.8) is 0 Å². The Kier molecular flexibility index (Phi) is 9.65. The molecule has 0 bridgehead atoms. The fourth-order valence-corrected chi connectivity index (χ4v) is 1.45. The molecule has 0 fully saturated rings. The average Bonchev–Trinajstić information content (AvgIpc) is 2.88. The van der Waals surface area contributed by atoms with Gasteiger partial charge in [0.15, 0.2) is 0 Å². The number of benzene rings is 1. The van der Waals surface area contributed by atoms with Crippen molar-refractivity contribution in [2.75, 3.05) is 0 Å². The fraction of sp³-hybridized carbons (Fsp3) is 0.438. The smallest absolute Gasteiger partial charge is 0.108 e. The zero-order valence-electron chi connectivity index (χ0n) is 12.4. The Hall–Kier alpha value is -1.57. The van der Waals surface area contributed by atoms with Gasteiger partial charge in [0.1, 0.15) is 5.82 Å². The molecule has 0 saturated carbocycles. The van der Waals surface area contributed by atoms with Crippen LogP contribution in [0.5, 0.6) is 0 Å². The first-order valence-electron chi connectivity index (χ1n) is 6.78. The maximum atomic E-state index is 4.10. The van der Waals surface area contributed by atoms with Crippen LogP contribution >= 0.6 is 0 Å². The third-order valence-corrected chi connectivity index (χ3v) is 2.49. The Morgan fingerprint density at radius 2 is 1.61 bits per heavy atom. The van der Waals surface area contributed by atoms with Crippen LogP contribution in [-0.4, -0.2) is 9.55 Å². The molecular formula is C16H26N2. The van der Waals surface area contributed by atoms with Gasteiger partial charge >= 0.3 is 0 Å². The molecule has 0 N–H and O–H groups in total. The molecule has 0 radical (unpaired) electrons. The van der Waals surface area contributed by atoms with Crippen LogP contribution in [0.25, 0.3) is 0 Å². The van der Waals surface area contributed by atoms with Gasteiger partial charge in [-0.1, -0.05) is 58.0 Å². The number of hydrogen-bond acceptors (Lipinski definition) is 1. The van der Waals surface area contributed by atoms with Gasteiger partial charge in [0.05, 0.1) is 0 Å². The van der Waals surface area contributed by atoms with Crippen molar-refractivity contribution in [1.29, 1.82) is 0 Å². The summed E-state index contributed by atoms with van der Waals surface area (Å²) in [5.41, 5.74) is 1.41. The predicted molar refractivity (Wildman–Crippen MR) is 79.8 cm³/mol. The molecule has 0 aliphatic carbocycles. The second kappa shape index (κ2) is 10.6. The van der Waals surface area contributed by atoms with Gasteiger partial charge in [0.2, 0.25) is 0 Å². The van der Waals surface area contributed by atoms with Gasteiger partial charge in [-0.05, 0) is 12.0 Å². The minimum absolute atomic E-state index is 1.02. The van der Waals surface area contributed by atoms with Crippen molar-refractivity contribution in [1.82, 2.24) is 9.55 Å². The van der Waals surface area contributed by atoms with Gasteiger partial charge in [0.25, 0.3) is 0 Å². The van der Waals surface area contributed by atoms with E-state index in [4.69, 9.17) is 0 Å². The molecule has 0 unspecified atom stereocenters. The normalized spacial score (nSPS) is 8.72. The van der Waals surface area contributed by atoms with Crippen molar-refractivity contribution < 1.29 is 0 Å². The summed E-state index contributed by atoms with van der Waals surface area (Å²) < 4.78 is 2.03. The molecular weight excluding hydrogens is 220 g/mol. The van der Waals surface area contributed by atoms with Crippen LogP contribution in [0.15, 0.2) is 42.7 Å². The molecule has 2 nitrogen and oxygen atoms in total. The number of rotatable bonds is 2. The van der Waals surface area contributed by atoms with Crippen molar-refractivity contribution in [2.45, 2.75) is 40.5 Å². The quantitative estimate of drug-likeness (QED) is 0.774. The van der Waals surface area contributed by atoms with Crippen LogP contribution in [0, 0.1) is 0 Å². The van der Waals surface area contributed by atoms with Crippen LogP contribution in [0.4, 0.5) is 0 Å². The Labute approximate surface area is 112 Å². The summed E-state index contributed by atoms with van der Waals surface area (Å²) in [6.45, 7) is 8.26. The molecule has 0 saturated heterocycles. The summed E-state index contributed by atoms with van der Waals surface area (Å²) in [6.07, 6.45) is 5.93. The summed E-state index contributed by atoms with van der Waals surface area (Å²) in [5, 5.41) is 0. The van der Waals surface area contributed by atoms with E-state index in [-0.39, 0.29) is 0 Å². The third kappa shape index (κ3) is 6.24.